The monoisotopic (exact) mass is 250 g/mol. The molecule has 0 amide bonds. The van der Waals surface area contributed by atoms with Crippen molar-refractivity contribution in [3.05, 3.63) is 29.8 Å². The molecule has 1 aliphatic rings. The third kappa shape index (κ3) is 3.98. The molecule has 0 bridgehead atoms. The van der Waals surface area contributed by atoms with E-state index in [4.69, 9.17) is 15.3 Å². The number of rotatable bonds is 7. The molecule has 0 heterocycles. The molecule has 100 valence electrons. The number of hydrogen-bond donors (Lipinski definition) is 2. The van der Waals surface area contributed by atoms with Crippen LogP contribution in [0.4, 0.5) is 0 Å². The predicted molar refractivity (Wildman–Crippen MR) is 71.2 cm³/mol. The molecular formula is C14H22N2O2. The molecule has 1 aromatic rings. The van der Waals surface area contributed by atoms with Crippen LogP contribution in [0.3, 0.4) is 0 Å². The van der Waals surface area contributed by atoms with Crippen molar-refractivity contribution in [2.45, 2.75) is 44.9 Å². The summed E-state index contributed by atoms with van der Waals surface area (Å²) in [5.41, 5.74) is 3.89. The fourth-order valence-electron chi connectivity index (χ4n) is 1.69. The molecule has 4 nitrogen and oxygen atoms in total. The second-order valence-corrected chi connectivity index (χ2v) is 4.99. The maximum absolute atomic E-state index is 5.71. The van der Waals surface area contributed by atoms with Gasteiger partial charge in [0.25, 0.3) is 0 Å². The lowest BCUT2D eigenvalue weighted by molar-refractivity contribution is 0.0611. The largest absolute Gasteiger partial charge is 0.490 e. The quantitative estimate of drug-likeness (QED) is 0.575. The van der Waals surface area contributed by atoms with E-state index in [0.29, 0.717) is 12.7 Å². The highest BCUT2D eigenvalue weighted by atomic mass is 16.5. The van der Waals surface area contributed by atoms with Crippen LogP contribution in [0.1, 0.15) is 38.3 Å². The van der Waals surface area contributed by atoms with Gasteiger partial charge in [-0.2, -0.15) is 0 Å². The number of nitrogens with one attached hydrogen (secondary N) is 1. The predicted octanol–water partition coefficient (Wildman–Crippen LogP) is 2.16. The Balaban J connectivity index is 1.92. The SMILES string of the molecule is CC(C)OCC(NN)c1ccc(OC2CC2)cc1. The maximum atomic E-state index is 5.71. The standard InChI is InChI=1S/C14H22N2O2/c1-10(2)17-9-14(16-15)11-3-5-12(6-4-11)18-13-7-8-13/h3-6,10,13-14,16H,7-9,15H2,1-2H3. The van der Waals surface area contributed by atoms with E-state index in [1.54, 1.807) is 0 Å². The summed E-state index contributed by atoms with van der Waals surface area (Å²) in [5.74, 6) is 6.49. The Kier molecular flexibility index (Phi) is 4.58. The first-order chi connectivity index (χ1) is 8.69. The van der Waals surface area contributed by atoms with Gasteiger partial charge in [0.15, 0.2) is 0 Å². The molecule has 0 radical (unpaired) electrons. The average molecular weight is 250 g/mol. The first-order valence-electron chi connectivity index (χ1n) is 6.53. The van der Waals surface area contributed by atoms with Crippen LogP contribution in [0.15, 0.2) is 24.3 Å². The summed E-state index contributed by atoms with van der Waals surface area (Å²) in [6, 6.07) is 8.07. The van der Waals surface area contributed by atoms with Crippen LogP contribution < -0.4 is 16.0 Å². The second-order valence-electron chi connectivity index (χ2n) is 4.99. The van der Waals surface area contributed by atoms with Crippen LogP contribution in [0.5, 0.6) is 5.75 Å². The molecule has 0 saturated heterocycles. The average Bonchev–Trinajstić information content (AvgIpc) is 3.15. The van der Waals surface area contributed by atoms with E-state index in [1.165, 1.54) is 12.8 Å². The highest BCUT2D eigenvalue weighted by Crippen LogP contribution is 2.27. The van der Waals surface area contributed by atoms with E-state index in [0.717, 1.165) is 11.3 Å². The van der Waals surface area contributed by atoms with Crippen LogP contribution in [0, 0.1) is 0 Å². The summed E-state index contributed by atoms with van der Waals surface area (Å²) in [5, 5.41) is 0. The molecule has 1 aromatic carbocycles. The zero-order valence-corrected chi connectivity index (χ0v) is 11.1. The molecule has 2 rings (SSSR count). The van der Waals surface area contributed by atoms with Gasteiger partial charge >= 0.3 is 0 Å². The Morgan fingerprint density at radius 3 is 2.44 bits per heavy atom. The summed E-state index contributed by atoms with van der Waals surface area (Å²) in [6.45, 7) is 4.59. The molecule has 1 unspecified atom stereocenters. The van der Waals surface area contributed by atoms with Crippen molar-refractivity contribution in [2.24, 2.45) is 5.84 Å². The molecule has 4 heteroatoms. The molecule has 1 atom stereocenters. The van der Waals surface area contributed by atoms with E-state index in [1.807, 2.05) is 38.1 Å². The first kappa shape index (κ1) is 13.3. The van der Waals surface area contributed by atoms with Crippen molar-refractivity contribution < 1.29 is 9.47 Å². The van der Waals surface area contributed by atoms with Crippen LogP contribution >= 0.6 is 0 Å². The Morgan fingerprint density at radius 1 is 1.28 bits per heavy atom. The topological polar surface area (TPSA) is 56.5 Å². The molecule has 0 spiro atoms. The van der Waals surface area contributed by atoms with Gasteiger partial charge in [-0.05, 0) is 44.4 Å². The van der Waals surface area contributed by atoms with Crippen LogP contribution in [-0.4, -0.2) is 18.8 Å². The number of benzene rings is 1. The zero-order valence-electron chi connectivity index (χ0n) is 11.1. The van der Waals surface area contributed by atoms with Gasteiger partial charge in [0.2, 0.25) is 0 Å². The minimum absolute atomic E-state index is 0.0161. The summed E-state index contributed by atoms with van der Waals surface area (Å²) >= 11 is 0. The van der Waals surface area contributed by atoms with Crippen molar-refractivity contribution >= 4 is 0 Å². The lowest BCUT2D eigenvalue weighted by atomic mass is 10.1. The van der Waals surface area contributed by atoms with E-state index >= 15 is 0 Å². The van der Waals surface area contributed by atoms with Gasteiger partial charge in [0.1, 0.15) is 5.75 Å². The Bertz CT molecular complexity index is 361. The summed E-state index contributed by atoms with van der Waals surface area (Å²) < 4.78 is 11.3. The number of nitrogens with two attached hydrogens (primary N) is 1. The highest BCUT2D eigenvalue weighted by Gasteiger charge is 2.23. The molecule has 0 aromatic heterocycles. The molecule has 1 fully saturated rings. The van der Waals surface area contributed by atoms with Crippen molar-refractivity contribution in [3.63, 3.8) is 0 Å². The fourth-order valence-corrected chi connectivity index (χ4v) is 1.69. The van der Waals surface area contributed by atoms with Gasteiger partial charge in [-0.15, -0.1) is 0 Å². The fraction of sp³-hybridized carbons (Fsp3) is 0.571. The molecular weight excluding hydrogens is 228 g/mol. The van der Waals surface area contributed by atoms with Crippen molar-refractivity contribution in [1.29, 1.82) is 0 Å². The van der Waals surface area contributed by atoms with Gasteiger partial charge < -0.3 is 9.47 Å². The Morgan fingerprint density at radius 2 is 1.94 bits per heavy atom. The molecule has 18 heavy (non-hydrogen) atoms. The minimum atomic E-state index is 0.0161. The Hall–Kier alpha value is -1.10. The summed E-state index contributed by atoms with van der Waals surface area (Å²) in [4.78, 5) is 0. The van der Waals surface area contributed by atoms with Crippen LogP contribution in [-0.2, 0) is 4.74 Å². The third-order valence-corrected chi connectivity index (χ3v) is 2.91. The smallest absolute Gasteiger partial charge is 0.119 e. The second kappa shape index (κ2) is 6.18. The van der Waals surface area contributed by atoms with E-state index in [9.17, 15) is 0 Å². The molecule has 3 N–H and O–H groups in total. The summed E-state index contributed by atoms with van der Waals surface area (Å²) in [6.07, 6.45) is 3.00. The van der Waals surface area contributed by atoms with Gasteiger partial charge in [0, 0.05) is 0 Å². The Labute approximate surface area is 108 Å². The van der Waals surface area contributed by atoms with Crippen molar-refractivity contribution in [2.75, 3.05) is 6.61 Å². The van der Waals surface area contributed by atoms with E-state index in [2.05, 4.69) is 5.43 Å². The molecule has 1 aliphatic carbocycles. The normalized spacial score (nSPS) is 16.9. The van der Waals surface area contributed by atoms with Gasteiger partial charge in [-0.3, -0.25) is 11.3 Å². The first-order valence-corrected chi connectivity index (χ1v) is 6.53. The maximum Gasteiger partial charge on any atom is 0.119 e. The lowest BCUT2D eigenvalue weighted by Crippen LogP contribution is -2.32. The molecule has 0 aliphatic heterocycles. The highest BCUT2D eigenvalue weighted by molar-refractivity contribution is 5.29. The van der Waals surface area contributed by atoms with Gasteiger partial charge in [-0.1, -0.05) is 12.1 Å². The van der Waals surface area contributed by atoms with Crippen molar-refractivity contribution in [1.82, 2.24) is 5.43 Å². The number of hydrazine groups is 1. The van der Waals surface area contributed by atoms with Crippen molar-refractivity contribution in [3.8, 4) is 5.75 Å². The number of ether oxygens (including phenoxy) is 2. The third-order valence-electron chi connectivity index (χ3n) is 2.91. The minimum Gasteiger partial charge on any atom is -0.490 e. The number of hydrogen-bond acceptors (Lipinski definition) is 4. The van der Waals surface area contributed by atoms with E-state index < -0.39 is 0 Å². The zero-order chi connectivity index (χ0) is 13.0. The lowest BCUT2D eigenvalue weighted by Gasteiger charge is -2.18. The van der Waals surface area contributed by atoms with Gasteiger partial charge in [0.05, 0.1) is 24.9 Å². The van der Waals surface area contributed by atoms with Crippen LogP contribution in [0.2, 0.25) is 0 Å². The van der Waals surface area contributed by atoms with Crippen LogP contribution in [0.25, 0.3) is 0 Å². The molecule has 1 saturated carbocycles. The summed E-state index contributed by atoms with van der Waals surface area (Å²) in [7, 11) is 0. The van der Waals surface area contributed by atoms with E-state index in [-0.39, 0.29) is 12.1 Å². The van der Waals surface area contributed by atoms with Gasteiger partial charge in [-0.25, -0.2) is 0 Å².